The zero-order chi connectivity index (χ0) is 57.6. The lowest BCUT2D eigenvalue weighted by atomic mass is 9.94. The van der Waals surface area contributed by atoms with E-state index in [-0.39, 0.29) is 0 Å². The molecule has 0 saturated heterocycles. The van der Waals surface area contributed by atoms with E-state index in [1.807, 2.05) is 0 Å². The molecule has 0 fully saturated rings. The van der Waals surface area contributed by atoms with Crippen molar-refractivity contribution >= 4 is 11.4 Å². The molecule has 0 unspecified atom stereocenters. The normalized spacial score (nSPS) is 12.4. The van der Waals surface area contributed by atoms with Crippen molar-refractivity contribution in [2.75, 3.05) is 16.5 Å². The third kappa shape index (κ3) is 9.60. The van der Waals surface area contributed by atoms with Crippen molar-refractivity contribution in [3.63, 3.8) is 0 Å². The largest absolute Gasteiger partial charge is 0.349 e. The Labute approximate surface area is 507 Å². The Kier molecular flexibility index (Phi) is 13.0. The lowest BCUT2D eigenvalue weighted by Gasteiger charge is -2.45. The fourth-order valence-corrected chi connectivity index (χ4v) is 13.0. The van der Waals surface area contributed by atoms with Gasteiger partial charge in [0.15, 0.2) is 0 Å². The van der Waals surface area contributed by atoms with E-state index in [2.05, 4.69) is 334 Å². The summed E-state index contributed by atoms with van der Waals surface area (Å²) in [6.07, 6.45) is 0. The summed E-state index contributed by atoms with van der Waals surface area (Å²) in [4.78, 5) is 15.8. The summed E-state index contributed by atoms with van der Waals surface area (Å²) >= 11 is 0. The molecule has 412 valence electrons. The van der Waals surface area contributed by atoms with Crippen LogP contribution in [-0.4, -0.2) is 25.8 Å². The molecule has 0 spiro atoms. The van der Waals surface area contributed by atoms with Crippen molar-refractivity contribution in [3.8, 4) is 124 Å². The highest BCUT2D eigenvalue weighted by molar-refractivity contribution is 5.87. The minimum absolute atomic E-state index is 0.863. The van der Waals surface area contributed by atoms with E-state index in [4.69, 9.17) is 9.97 Å². The van der Waals surface area contributed by atoms with Crippen LogP contribution in [0.3, 0.4) is 0 Å². The Balaban J connectivity index is 0.628. The number of anilines is 2. The predicted molar refractivity (Wildman–Crippen MR) is 359 cm³/mol. The van der Waals surface area contributed by atoms with Crippen LogP contribution in [0.25, 0.3) is 124 Å². The van der Waals surface area contributed by atoms with Crippen LogP contribution in [-0.2, 0) is 13.1 Å². The number of aromatic nitrogens is 4. The summed E-state index contributed by atoms with van der Waals surface area (Å²) in [6.45, 7) is 2.61. The molecule has 87 heavy (non-hydrogen) atoms. The third-order valence-electron chi connectivity index (χ3n) is 17.3. The van der Waals surface area contributed by atoms with Crippen molar-refractivity contribution in [1.29, 1.82) is 0 Å². The van der Waals surface area contributed by atoms with Gasteiger partial charge in [-0.3, -0.25) is 9.13 Å². The molecular weight excluding hydrogens is 1060 g/mol. The van der Waals surface area contributed by atoms with Crippen molar-refractivity contribution in [1.82, 2.24) is 19.1 Å². The second-order valence-corrected chi connectivity index (χ2v) is 22.6. The molecule has 0 atom stereocenters. The van der Waals surface area contributed by atoms with Crippen molar-refractivity contribution in [2.24, 2.45) is 0 Å². The van der Waals surface area contributed by atoms with Gasteiger partial charge in [0.1, 0.15) is 11.6 Å². The van der Waals surface area contributed by atoms with Gasteiger partial charge in [0.25, 0.3) is 0 Å². The molecule has 0 N–H and O–H groups in total. The molecule has 2 aromatic heterocycles. The number of rotatable bonds is 12. The number of imidazole rings is 2. The highest BCUT2D eigenvalue weighted by Gasteiger charge is 2.30. The topological polar surface area (TPSA) is 42.1 Å². The molecule has 2 bridgehead atoms. The first-order chi connectivity index (χ1) is 43.1. The standard InChI is InChI=1S/C81H58N6/c1-7-19-62(20-8-1)76-78(64-23-11-3-12-24-64)86(80(82-76)66-27-15-5-16-28-66)72-45-39-58(40-46-72)56-31-35-60(36-32-56)68-43-49-74-70(51-68)53-84-55-85(74)54-71-52-69(44-50-75(71)84)61-37-33-57(34-38-61)59-41-47-73(48-42-59)87-79(65-25-13-4-14-26-65)77(63-21-9-2-10-22-63)83-81(87)67-29-17-6-18-30-67/h1-52H,53-55H2. The number of hydrogen-bond acceptors (Lipinski definition) is 4. The van der Waals surface area contributed by atoms with Crippen LogP contribution in [0.1, 0.15) is 11.1 Å². The molecule has 0 saturated carbocycles. The summed E-state index contributed by atoms with van der Waals surface area (Å²) < 4.78 is 4.64. The monoisotopic (exact) mass is 1110 g/mol. The molecule has 4 heterocycles. The van der Waals surface area contributed by atoms with Crippen LogP contribution in [0.4, 0.5) is 11.4 Å². The molecule has 16 rings (SSSR count). The van der Waals surface area contributed by atoms with E-state index in [9.17, 15) is 0 Å². The fraction of sp³-hybridized carbons (Fsp3) is 0.0370. The maximum Gasteiger partial charge on any atom is 0.145 e. The lowest BCUT2D eigenvalue weighted by molar-refractivity contribution is 0.651. The van der Waals surface area contributed by atoms with E-state index in [0.717, 1.165) is 110 Å². The first-order valence-corrected chi connectivity index (χ1v) is 29.9. The van der Waals surface area contributed by atoms with Crippen LogP contribution >= 0.6 is 0 Å². The summed E-state index contributed by atoms with van der Waals surface area (Å²) in [7, 11) is 0. The lowest BCUT2D eigenvalue weighted by Crippen LogP contribution is -2.46. The van der Waals surface area contributed by atoms with Crippen molar-refractivity contribution < 1.29 is 0 Å². The first-order valence-electron chi connectivity index (χ1n) is 29.9. The fourth-order valence-electron chi connectivity index (χ4n) is 13.0. The van der Waals surface area contributed by atoms with Gasteiger partial charge in [-0.05, 0) is 104 Å². The summed E-state index contributed by atoms with van der Waals surface area (Å²) in [5.74, 6) is 1.82. The van der Waals surface area contributed by atoms with Gasteiger partial charge in [-0.15, -0.1) is 0 Å². The van der Waals surface area contributed by atoms with Crippen LogP contribution in [0.15, 0.2) is 315 Å². The van der Waals surface area contributed by atoms with Gasteiger partial charge in [0.05, 0.1) is 29.4 Å². The molecule has 12 aromatic carbocycles. The van der Waals surface area contributed by atoms with Crippen LogP contribution in [0.2, 0.25) is 0 Å². The highest BCUT2D eigenvalue weighted by Crippen LogP contribution is 2.44. The summed E-state index contributed by atoms with van der Waals surface area (Å²) in [6, 6.07) is 113. The van der Waals surface area contributed by atoms with E-state index in [1.54, 1.807) is 0 Å². The molecular formula is C81H58N6. The second-order valence-electron chi connectivity index (χ2n) is 22.6. The van der Waals surface area contributed by atoms with E-state index in [0.29, 0.717) is 0 Å². The van der Waals surface area contributed by atoms with E-state index >= 15 is 0 Å². The van der Waals surface area contributed by atoms with Crippen LogP contribution in [0, 0.1) is 0 Å². The first kappa shape index (κ1) is 51.3. The van der Waals surface area contributed by atoms with Crippen LogP contribution in [0.5, 0.6) is 0 Å². The quantitative estimate of drug-likeness (QED) is 0.122. The number of fused-ring (bicyclic) bond motifs is 6. The average molecular weight is 1120 g/mol. The van der Waals surface area contributed by atoms with Gasteiger partial charge >= 0.3 is 0 Å². The molecule has 0 radical (unpaired) electrons. The average Bonchev–Trinajstić information content (AvgIpc) is 2.48. The Morgan fingerprint density at radius 1 is 0.230 bits per heavy atom. The Morgan fingerprint density at radius 2 is 0.494 bits per heavy atom. The Hall–Kier alpha value is -11.3. The van der Waals surface area contributed by atoms with Gasteiger partial charge in [-0.2, -0.15) is 0 Å². The molecule has 6 heteroatoms. The minimum Gasteiger partial charge on any atom is -0.349 e. The van der Waals surface area contributed by atoms with Crippen molar-refractivity contribution in [2.45, 2.75) is 13.1 Å². The SMILES string of the molecule is c1ccc(-c2nc(-c3ccccc3)n(-c3ccc(-c4ccc(-c5ccc6c(c5)CN5CN6Cc6cc(-c7ccc(-c8ccc(-n9c(-c%10ccccc%10)nc(-c%10ccccc%10)c9-c9ccccc9)cc8)cc7)ccc65)cc4)cc3)c2-c2ccccc2)cc1. The van der Waals surface area contributed by atoms with Crippen molar-refractivity contribution in [3.05, 3.63) is 327 Å². The maximum atomic E-state index is 5.38. The second kappa shape index (κ2) is 22.0. The smallest absolute Gasteiger partial charge is 0.145 e. The minimum atomic E-state index is 0.863. The molecule has 0 amide bonds. The zero-order valence-electron chi connectivity index (χ0n) is 47.8. The maximum absolute atomic E-state index is 5.38. The molecule has 2 aliphatic rings. The number of benzene rings is 12. The van der Waals surface area contributed by atoms with Crippen LogP contribution < -0.4 is 9.80 Å². The summed E-state index contributed by atoms with van der Waals surface area (Å²) in [5.41, 5.74) is 27.6. The zero-order valence-corrected chi connectivity index (χ0v) is 47.8. The van der Waals surface area contributed by atoms with Gasteiger partial charge in [-0.1, -0.05) is 267 Å². The van der Waals surface area contributed by atoms with E-state index in [1.165, 1.54) is 55.9 Å². The Bertz CT molecular complexity index is 4450. The molecule has 0 aliphatic carbocycles. The van der Waals surface area contributed by atoms with Gasteiger partial charge < -0.3 is 9.80 Å². The van der Waals surface area contributed by atoms with E-state index < -0.39 is 0 Å². The molecule has 2 aliphatic heterocycles. The number of hydrogen-bond donors (Lipinski definition) is 0. The Morgan fingerprint density at radius 3 is 0.816 bits per heavy atom. The number of nitrogens with zero attached hydrogens (tertiary/aromatic N) is 6. The predicted octanol–water partition coefficient (Wildman–Crippen LogP) is 20.0. The highest BCUT2D eigenvalue weighted by atomic mass is 15.4. The molecule has 14 aromatic rings. The van der Waals surface area contributed by atoms with Gasteiger partial charge in [-0.25, -0.2) is 9.97 Å². The van der Waals surface area contributed by atoms with Gasteiger partial charge in [0.2, 0.25) is 0 Å². The molecule has 6 nitrogen and oxygen atoms in total. The van der Waals surface area contributed by atoms with Gasteiger partial charge in [0, 0.05) is 69.2 Å². The summed E-state index contributed by atoms with van der Waals surface area (Å²) in [5, 5.41) is 0. The third-order valence-corrected chi connectivity index (χ3v) is 17.3.